The van der Waals surface area contributed by atoms with Crippen LogP contribution in [0.4, 0.5) is 4.39 Å². The summed E-state index contributed by atoms with van der Waals surface area (Å²) in [5, 5.41) is 19.7. The summed E-state index contributed by atoms with van der Waals surface area (Å²) in [6, 6.07) is 12.4. The van der Waals surface area contributed by atoms with Gasteiger partial charge in [-0.15, -0.1) is 11.3 Å². The third-order valence-corrected chi connectivity index (χ3v) is 5.63. The number of aromatic nitrogens is 1. The lowest BCUT2D eigenvalue weighted by Gasteiger charge is -2.07. The highest BCUT2D eigenvalue weighted by Gasteiger charge is 2.22. The van der Waals surface area contributed by atoms with Gasteiger partial charge < -0.3 is 10.2 Å². The van der Waals surface area contributed by atoms with E-state index in [-0.39, 0.29) is 18.2 Å². The molecule has 0 atom stereocenters. The predicted molar refractivity (Wildman–Crippen MR) is 95.0 cm³/mol. The van der Waals surface area contributed by atoms with Crippen molar-refractivity contribution >= 4 is 38.0 Å². The number of nitrogens with zero attached hydrogens (tertiary/aromatic N) is 1. The van der Waals surface area contributed by atoms with E-state index in [1.165, 1.54) is 6.07 Å². The molecule has 0 aliphatic heterocycles. The zero-order valence-corrected chi connectivity index (χ0v) is 14.0. The number of rotatable bonds is 3. The number of hydrogen-bond acceptors (Lipinski definition) is 3. The van der Waals surface area contributed by atoms with Gasteiger partial charge in [-0.05, 0) is 30.3 Å². The van der Waals surface area contributed by atoms with Crippen molar-refractivity contribution in [2.75, 3.05) is 0 Å². The molecule has 122 valence electrons. The largest absolute Gasteiger partial charge is 0.392 e. The van der Waals surface area contributed by atoms with Gasteiger partial charge in [0.1, 0.15) is 10.6 Å². The smallest absolute Gasteiger partial charge is 0.141 e. The van der Waals surface area contributed by atoms with E-state index in [0.717, 1.165) is 20.7 Å². The van der Waals surface area contributed by atoms with Crippen molar-refractivity contribution in [3.05, 3.63) is 64.4 Å². The number of benzene rings is 2. The number of thiazole rings is 1. The third kappa shape index (κ3) is 2.17. The quantitative estimate of drug-likeness (QED) is 0.560. The zero-order valence-electron chi connectivity index (χ0n) is 12.5. The summed E-state index contributed by atoms with van der Waals surface area (Å²) in [7, 11) is 0. The summed E-state index contributed by atoms with van der Waals surface area (Å²) in [5.41, 5.74) is 3.73. The number of aliphatic hydroxyl groups excluding tert-OH is 2. The standard InChI is InChI=1S/C18H13ClFNO2S/c19-13-7-10(5-6-14(13)20)17-11(8-22)12(9-23)18-21(17)15-3-1-2-4-16(15)24-18/h1-7,22-23H,8-9H2. The van der Waals surface area contributed by atoms with Gasteiger partial charge >= 0.3 is 0 Å². The number of para-hydroxylation sites is 1. The molecule has 0 saturated heterocycles. The first-order valence-corrected chi connectivity index (χ1v) is 8.56. The molecule has 24 heavy (non-hydrogen) atoms. The van der Waals surface area contributed by atoms with Gasteiger partial charge in [-0.25, -0.2) is 4.39 Å². The Morgan fingerprint density at radius 3 is 2.50 bits per heavy atom. The van der Waals surface area contributed by atoms with E-state index in [4.69, 9.17) is 11.6 Å². The average molecular weight is 362 g/mol. The number of halogens is 2. The summed E-state index contributed by atoms with van der Waals surface area (Å²) in [6.07, 6.45) is 0. The second-order valence-corrected chi connectivity index (χ2v) is 6.90. The topological polar surface area (TPSA) is 44.9 Å². The van der Waals surface area contributed by atoms with Gasteiger partial charge in [-0.3, -0.25) is 4.40 Å². The molecule has 6 heteroatoms. The maximum atomic E-state index is 13.5. The first-order chi connectivity index (χ1) is 11.7. The highest BCUT2D eigenvalue weighted by atomic mass is 35.5. The monoisotopic (exact) mass is 361 g/mol. The van der Waals surface area contributed by atoms with Crippen LogP contribution in [0.25, 0.3) is 26.3 Å². The van der Waals surface area contributed by atoms with Crippen molar-refractivity contribution in [3.63, 3.8) is 0 Å². The number of aliphatic hydroxyl groups is 2. The first kappa shape index (κ1) is 15.6. The van der Waals surface area contributed by atoms with E-state index in [1.54, 1.807) is 23.5 Å². The summed E-state index contributed by atoms with van der Waals surface area (Å²) >= 11 is 7.50. The molecule has 3 nitrogen and oxygen atoms in total. The fourth-order valence-electron chi connectivity index (χ4n) is 3.09. The second kappa shape index (κ2) is 5.86. The minimum atomic E-state index is -0.490. The lowest BCUT2D eigenvalue weighted by atomic mass is 10.1. The normalized spacial score (nSPS) is 11.7. The first-order valence-electron chi connectivity index (χ1n) is 7.36. The predicted octanol–water partition coefficient (Wildman–Crippen LogP) is 4.60. The van der Waals surface area contributed by atoms with Crippen molar-refractivity contribution in [2.24, 2.45) is 0 Å². The van der Waals surface area contributed by atoms with E-state index in [2.05, 4.69) is 0 Å². The van der Waals surface area contributed by atoms with E-state index < -0.39 is 5.82 Å². The van der Waals surface area contributed by atoms with Crippen LogP contribution in [-0.4, -0.2) is 14.6 Å². The van der Waals surface area contributed by atoms with Crippen molar-refractivity contribution < 1.29 is 14.6 Å². The molecule has 0 saturated carbocycles. The maximum Gasteiger partial charge on any atom is 0.141 e. The van der Waals surface area contributed by atoms with Crippen LogP contribution in [0.3, 0.4) is 0 Å². The zero-order chi connectivity index (χ0) is 16.8. The number of fused-ring (bicyclic) bond motifs is 3. The van der Waals surface area contributed by atoms with Crippen molar-refractivity contribution in [3.8, 4) is 11.3 Å². The van der Waals surface area contributed by atoms with Crippen LogP contribution in [0, 0.1) is 5.82 Å². The second-order valence-electron chi connectivity index (χ2n) is 5.46. The fourth-order valence-corrected chi connectivity index (χ4v) is 4.48. The third-order valence-electron chi connectivity index (χ3n) is 4.16. The molecule has 0 spiro atoms. The molecular weight excluding hydrogens is 349 g/mol. The minimum Gasteiger partial charge on any atom is -0.392 e. The highest BCUT2D eigenvalue weighted by Crippen LogP contribution is 2.40. The van der Waals surface area contributed by atoms with Crippen LogP contribution in [0.5, 0.6) is 0 Å². The summed E-state index contributed by atoms with van der Waals surface area (Å²) < 4.78 is 16.6. The summed E-state index contributed by atoms with van der Waals surface area (Å²) in [4.78, 5) is 0.873. The fraction of sp³-hybridized carbons (Fsp3) is 0.111. The molecule has 4 aromatic rings. The van der Waals surface area contributed by atoms with Crippen LogP contribution in [0.2, 0.25) is 5.02 Å². The molecule has 0 aliphatic rings. The molecule has 2 aromatic carbocycles. The Bertz CT molecular complexity index is 1070. The lowest BCUT2D eigenvalue weighted by molar-refractivity contribution is 0.262. The van der Waals surface area contributed by atoms with Gasteiger partial charge in [0, 0.05) is 16.7 Å². The molecule has 4 rings (SSSR count). The lowest BCUT2D eigenvalue weighted by Crippen LogP contribution is -1.94. The molecule has 0 bridgehead atoms. The van der Waals surface area contributed by atoms with Crippen LogP contribution in [-0.2, 0) is 13.2 Å². The Morgan fingerprint density at radius 2 is 1.79 bits per heavy atom. The Labute approximate surface area is 146 Å². The molecular formula is C18H13ClFNO2S. The van der Waals surface area contributed by atoms with Crippen LogP contribution in [0.15, 0.2) is 42.5 Å². The molecule has 2 N–H and O–H groups in total. The SMILES string of the molecule is OCc1c(CO)c2sc3ccccc3n2c1-c1ccc(F)c(Cl)c1. The van der Waals surface area contributed by atoms with Crippen molar-refractivity contribution in [1.29, 1.82) is 0 Å². The Morgan fingerprint density at radius 1 is 1.04 bits per heavy atom. The number of hydrogen-bond donors (Lipinski definition) is 2. The maximum absolute atomic E-state index is 13.5. The van der Waals surface area contributed by atoms with E-state index >= 15 is 0 Å². The van der Waals surface area contributed by atoms with Crippen molar-refractivity contribution in [1.82, 2.24) is 4.40 Å². The molecule has 0 fully saturated rings. The van der Waals surface area contributed by atoms with Crippen molar-refractivity contribution in [2.45, 2.75) is 13.2 Å². The van der Waals surface area contributed by atoms with Gasteiger partial charge in [-0.2, -0.15) is 0 Å². The van der Waals surface area contributed by atoms with E-state index in [0.29, 0.717) is 16.7 Å². The molecule has 0 radical (unpaired) electrons. The highest BCUT2D eigenvalue weighted by molar-refractivity contribution is 7.24. The van der Waals surface area contributed by atoms with Gasteiger partial charge in [-0.1, -0.05) is 23.7 Å². The van der Waals surface area contributed by atoms with Gasteiger partial charge in [0.2, 0.25) is 0 Å². The molecule has 0 unspecified atom stereocenters. The molecule has 2 aromatic heterocycles. The Kier molecular flexibility index (Phi) is 3.81. The van der Waals surface area contributed by atoms with Gasteiger partial charge in [0.15, 0.2) is 0 Å². The molecule has 2 heterocycles. The molecule has 0 aliphatic carbocycles. The Balaban J connectivity index is 2.17. The molecule has 0 amide bonds. The summed E-state index contributed by atoms with van der Waals surface area (Å²) in [5.74, 6) is -0.490. The van der Waals surface area contributed by atoms with Gasteiger partial charge in [0.25, 0.3) is 0 Å². The van der Waals surface area contributed by atoms with Crippen LogP contribution in [0.1, 0.15) is 11.1 Å². The average Bonchev–Trinajstić information content (AvgIpc) is 3.10. The summed E-state index contributed by atoms with van der Waals surface area (Å²) in [6.45, 7) is -0.399. The van der Waals surface area contributed by atoms with E-state index in [9.17, 15) is 14.6 Å². The Hall–Kier alpha value is -1.92. The van der Waals surface area contributed by atoms with E-state index in [1.807, 2.05) is 28.7 Å². The van der Waals surface area contributed by atoms with Crippen LogP contribution < -0.4 is 0 Å². The van der Waals surface area contributed by atoms with Crippen LogP contribution >= 0.6 is 22.9 Å². The van der Waals surface area contributed by atoms with Gasteiger partial charge in [0.05, 0.1) is 34.1 Å². The minimum absolute atomic E-state index is 0.0245.